The van der Waals surface area contributed by atoms with Crippen LogP contribution in [0.4, 0.5) is 5.95 Å². The molecule has 5 rings (SSSR count). The molecule has 1 saturated carbocycles. The smallest absolute Gasteiger partial charge is 0.339 e. The number of fused-ring (bicyclic) bond motifs is 2. The van der Waals surface area contributed by atoms with Crippen molar-refractivity contribution in [1.29, 1.82) is 0 Å². The highest BCUT2D eigenvalue weighted by Gasteiger charge is 2.54. The van der Waals surface area contributed by atoms with Gasteiger partial charge in [0.05, 0.1) is 11.1 Å². The zero-order valence-corrected chi connectivity index (χ0v) is 17.1. The van der Waals surface area contributed by atoms with Crippen LogP contribution >= 0.6 is 11.5 Å². The molecule has 10 heteroatoms. The van der Waals surface area contributed by atoms with Gasteiger partial charge in [0.1, 0.15) is 16.2 Å². The molecule has 0 bridgehead atoms. The Kier molecular flexibility index (Phi) is 4.49. The highest BCUT2D eigenvalue weighted by atomic mass is 32.1. The van der Waals surface area contributed by atoms with Crippen LogP contribution in [0.1, 0.15) is 41.6 Å². The lowest BCUT2D eigenvalue weighted by Crippen LogP contribution is -2.49. The molecule has 1 fully saturated rings. The van der Waals surface area contributed by atoms with Gasteiger partial charge >= 0.3 is 5.97 Å². The van der Waals surface area contributed by atoms with Crippen molar-refractivity contribution >= 4 is 29.4 Å². The first-order valence-corrected chi connectivity index (χ1v) is 10.6. The van der Waals surface area contributed by atoms with E-state index in [0.29, 0.717) is 20.9 Å². The van der Waals surface area contributed by atoms with Crippen LogP contribution < -0.4 is 10.0 Å². The summed E-state index contributed by atoms with van der Waals surface area (Å²) in [5, 5.41) is 25.9. The summed E-state index contributed by atoms with van der Waals surface area (Å²) >= 11 is 1.15. The lowest BCUT2D eigenvalue weighted by molar-refractivity contribution is -0.606. The summed E-state index contributed by atoms with van der Waals surface area (Å²) in [6.07, 6.45) is 3.15. The van der Waals surface area contributed by atoms with E-state index >= 15 is 0 Å². The van der Waals surface area contributed by atoms with Gasteiger partial charge in [-0.25, -0.2) is 4.79 Å². The predicted molar refractivity (Wildman–Crippen MR) is 110 cm³/mol. The maximum absolute atomic E-state index is 12.8. The molecule has 0 atom stereocenters. The van der Waals surface area contributed by atoms with Gasteiger partial charge in [0.25, 0.3) is 5.91 Å². The van der Waals surface area contributed by atoms with Crippen LogP contribution in [0.5, 0.6) is 0 Å². The van der Waals surface area contributed by atoms with E-state index in [1.807, 2.05) is 30.3 Å². The molecule has 0 saturated heterocycles. The van der Waals surface area contributed by atoms with E-state index in [1.165, 1.54) is 18.5 Å². The van der Waals surface area contributed by atoms with Crippen molar-refractivity contribution in [3.05, 3.63) is 65.1 Å². The van der Waals surface area contributed by atoms with Gasteiger partial charge in [-0.15, -0.1) is 0 Å². The Morgan fingerprint density at radius 1 is 1.19 bits per heavy atom. The number of hydrogen-bond acceptors (Lipinski definition) is 8. The number of aromatic nitrogens is 3. The molecule has 1 aliphatic heterocycles. The van der Waals surface area contributed by atoms with Gasteiger partial charge in [-0.05, 0) is 37.2 Å². The highest BCUT2D eigenvalue weighted by Crippen LogP contribution is 2.48. The molecule has 1 aliphatic carbocycles. The maximum Gasteiger partial charge on any atom is 0.339 e. The Morgan fingerprint density at radius 2 is 1.94 bits per heavy atom. The van der Waals surface area contributed by atoms with Crippen LogP contribution in [0, 0.1) is 5.21 Å². The number of ether oxygens (including phenoxy) is 1. The Balaban J connectivity index is 1.30. The number of hydrogen-bond donors (Lipinski definition) is 2. The second kappa shape index (κ2) is 7.10. The lowest BCUT2D eigenvalue weighted by atomic mass is 9.73. The molecule has 2 aliphatic rings. The number of benzene rings is 1. The number of esters is 1. The van der Waals surface area contributed by atoms with Gasteiger partial charge in [0.15, 0.2) is 12.4 Å². The van der Waals surface area contributed by atoms with Crippen molar-refractivity contribution in [3.63, 3.8) is 0 Å². The van der Waals surface area contributed by atoms with Crippen LogP contribution in [0.15, 0.2) is 48.8 Å². The molecule has 31 heavy (non-hydrogen) atoms. The Morgan fingerprint density at radius 3 is 2.68 bits per heavy atom. The summed E-state index contributed by atoms with van der Waals surface area (Å²) in [4.78, 5) is 29.3. The van der Waals surface area contributed by atoms with E-state index in [2.05, 4.69) is 14.7 Å². The van der Waals surface area contributed by atoms with Gasteiger partial charge in [-0.3, -0.25) is 10.1 Å². The fraction of sp³-hybridized carbons (Fsp3) is 0.286. The average molecular weight is 438 g/mol. The number of carbonyl (C=O) groups is 2. The van der Waals surface area contributed by atoms with E-state index in [0.717, 1.165) is 17.1 Å². The molecule has 0 unspecified atom stereocenters. The molecule has 2 aromatic heterocycles. The molecule has 0 radical (unpaired) electrons. The minimum atomic E-state index is -1.65. The fourth-order valence-electron chi connectivity index (χ4n) is 4.16. The molecule has 158 valence electrons. The second-order valence-corrected chi connectivity index (χ2v) is 8.54. The number of carbonyl (C=O) groups excluding carboxylic acids is 2. The van der Waals surface area contributed by atoms with Gasteiger partial charge in [0, 0.05) is 11.6 Å². The first-order chi connectivity index (χ1) is 14.9. The van der Waals surface area contributed by atoms with Crippen LogP contribution in [-0.4, -0.2) is 31.9 Å². The summed E-state index contributed by atoms with van der Waals surface area (Å²) in [5.41, 5.74) is -0.906. The molecule has 1 aromatic carbocycles. The van der Waals surface area contributed by atoms with E-state index < -0.39 is 23.1 Å². The first kappa shape index (κ1) is 19.6. The minimum absolute atomic E-state index is 0.0645. The number of nitrogens with zero attached hydrogens (tertiary/aromatic N) is 3. The molecule has 9 nitrogen and oxygen atoms in total. The van der Waals surface area contributed by atoms with E-state index in [1.54, 1.807) is 0 Å². The van der Waals surface area contributed by atoms with Crippen molar-refractivity contribution in [2.24, 2.45) is 0 Å². The number of nitrogens with one attached hydrogen (secondary N) is 1. The van der Waals surface area contributed by atoms with E-state index in [-0.39, 0.29) is 31.6 Å². The van der Waals surface area contributed by atoms with Crippen LogP contribution in [-0.2, 0) is 15.1 Å². The van der Waals surface area contributed by atoms with Crippen molar-refractivity contribution in [2.75, 3.05) is 5.32 Å². The van der Waals surface area contributed by atoms with Crippen molar-refractivity contribution < 1.29 is 24.2 Å². The zero-order valence-electron chi connectivity index (χ0n) is 16.3. The third kappa shape index (κ3) is 3.33. The maximum atomic E-state index is 12.8. The van der Waals surface area contributed by atoms with Crippen molar-refractivity contribution in [2.45, 2.75) is 36.9 Å². The summed E-state index contributed by atoms with van der Waals surface area (Å²) in [6.45, 7) is 0. The lowest BCUT2D eigenvalue weighted by Gasteiger charge is -2.39. The number of aliphatic hydroxyl groups is 1. The normalized spacial score (nSPS) is 24.6. The van der Waals surface area contributed by atoms with Gasteiger partial charge < -0.3 is 15.1 Å². The van der Waals surface area contributed by atoms with Gasteiger partial charge in [0.2, 0.25) is 5.95 Å². The molecule has 3 heterocycles. The summed E-state index contributed by atoms with van der Waals surface area (Å²) in [5.74, 6) is -0.963. The van der Waals surface area contributed by atoms with Crippen LogP contribution in [0.25, 0.3) is 10.6 Å². The topological polar surface area (TPSA) is 128 Å². The number of rotatable bonds is 3. The second-order valence-electron chi connectivity index (χ2n) is 7.79. The standard InChI is InChI=1S/C21H18N4O5S/c26-17-14-6-11-25(29)12-15(14)21(30-17)9-7-20(28,8-10-21)18(27)23-19-22-16(31-24-19)13-4-2-1-3-5-13/h1-6,11-12,28H,7-10H2,(H,23,24,27)/t20-,21+. The van der Waals surface area contributed by atoms with Gasteiger partial charge in [-0.2, -0.15) is 14.1 Å². The van der Waals surface area contributed by atoms with E-state index in [4.69, 9.17) is 4.74 Å². The molecular weight excluding hydrogens is 420 g/mol. The Hall–Kier alpha value is -3.37. The molecule has 1 amide bonds. The van der Waals surface area contributed by atoms with Crippen LogP contribution in [0.3, 0.4) is 0 Å². The largest absolute Gasteiger partial charge is 0.619 e. The summed E-state index contributed by atoms with van der Waals surface area (Å²) in [6, 6.07) is 10.9. The fourth-order valence-corrected chi connectivity index (χ4v) is 4.79. The first-order valence-electron chi connectivity index (χ1n) is 9.78. The average Bonchev–Trinajstić information content (AvgIpc) is 3.34. The molecule has 1 spiro atoms. The SMILES string of the molecule is O=C1O[C@]2(CC[C@](O)(C(=O)Nc3nsc(-c4ccccc4)n3)CC2)c2c[n+]([O-])ccc21. The van der Waals surface area contributed by atoms with Crippen molar-refractivity contribution in [3.8, 4) is 10.6 Å². The van der Waals surface area contributed by atoms with Crippen molar-refractivity contribution in [1.82, 2.24) is 9.36 Å². The Labute approximate surface area is 181 Å². The predicted octanol–water partition coefficient (Wildman–Crippen LogP) is 2.15. The zero-order chi connectivity index (χ0) is 21.6. The molecule has 2 N–H and O–H groups in total. The van der Waals surface area contributed by atoms with E-state index in [9.17, 15) is 19.9 Å². The van der Waals surface area contributed by atoms with Gasteiger partial charge in [-0.1, -0.05) is 30.3 Å². The monoisotopic (exact) mass is 438 g/mol. The Bertz CT molecular complexity index is 1170. The molecular formula is C21H18N4O5S. The number of anilines is 1. The third-order valence-corrected chi connectivity index (χ3v) is 6.68. The molecule has 3 aromatic rings. The highest BCUT2D eigenvalue weighted by molar-refractivity contribution is 7.09. The summed E-state index contributed by atoms with van der Waals surface area (Å²) in [7, 11) is 0. The number of pyridine rings is 1. The van der Waals surface area contributed by atoms with Crippen LogP contribution in [0.2, 0.25) is 0 Å². The number of amides is 1. The third-order valence-electron chi connectivity index (χ3n) is 5.91. The quantitative estimate of drug-likeness (QED) is 0.364. The summed E-state index contributed by atoms with van der Waals surface area (Å²) < 4.78 is 10.4. The minimum Gasteiger partial charge on any atom is -0.619 e.